The van der Waals surface area contributed by atoms with Crippen LogP contribution in [0.1, 0.15) is 16.1 Å². The van der Waals surface area contributed by atoms with Crippen LogP contribution in [0.4, 0.5) is 5.13 Å². The predicted molar refractivity (Wildman–Crippen MR) is 97.5 cm³/mol. The van der Waals surface area contributed by atoms with Gasteiger partial charge in [-0.15, -0.1) is 11.3 Å². The van der Waals surface area contributed by atoms with Crippen molar-refractivity contribution in [3.05, 3.63) is 53.6 Å². The molecule has 26 heavy (non-hydrogen) atoms. The summed E-state index contributed by atoms with van der Waals surface area (Å²) in [5.41, 5.74) is 2.38. The Hall–Kier alpha value is -2.62. The van der Waals surface area contributed by atoms with Crippen molar-refractivity contribution in [1.29, 1.82) is 0 Å². The van der Waals surface area contributed by atoms with Crippen molar-refractivity contribution in [3.63, 3.8) is 0 Å². The number of thiazole rings is 1. The van der Waals surface area contributed by atoms with Gasteiger partial charge in [0.15, 0.2) is 5.13 Å². The van der Waals surface area contributed by atoms with E-state index in [0.717, 1.165) is 44.2 Å². The van der Waals surface area contributed by atoms with Crippen molar-refractivity contribution in [2.45, 2.75) is 6.54 Å². The maximum absolute atomic E-state index is 12.4. The third-order valence-electron chi connectivity index (χ3n) is 4.07. The largest absolute Gasteiger partial charge is 0.379 e. The fourth-order valence-corrected chi connectivity index (χ4v) is 3.40. The maximum atomic E-state index is 12.4. The van der Waals surface area contributed by atoms with Crippen LogP contribution in [0.2, 0.25) is 0 Å². The Morgan fingerprint density at radius 1 is 1.23 bits per heavy atom. The lowest BCUT2D eigenvalue weighted by Gasteiger charge is -2.25. The van der Waals surface area contributed by atoms with E-state index in [1.165, 1.54) is 17.7 Å². The summed E-state index contributed by atoms with van der Waals surface area (Å²) in [6.07, 6.45) is 3.08. The number of carbonyl (C=O) groups excluding carboxylic acids is 1. The highest BCUT2D eigenvalue weighted by molar-refractivity contribution is 7.13. The molecule has 0 aliphatic carbocycles. The summed E-state index contributed by atoms with van der Waals surface area (Å²) in [4.78, 5) is 23.1. The minimum absolute atomic E-state index is 0.178. The number of anilines is 1. The minimum atomic E-state index is -0.178. The first kappa shape index (κ1) is 16.8. The second-order valence-corrected chi connectivity index (χ2v) is 6.73. The monoisotopic (exact) mass is 370 g/mol. The molecule has 134 valence electrons. The summed E-state index contributed by atoms with van der Waals surface area (Å²) < 4.78 is 6.99. The van der Waals surface area contributed by atoms with E-state index in [4.69, 9.17) is 4.74 Å². The average Bonchev–Trinajstić information content (AvgIpc) is 3.35. The highest BCUT2D eigenvalue weighted by Gasteiger charge is 2.14. The van der Waals surface area contributed by atoms with Crippen molar-refractivity contribution in [2.24, 2.45) is 0 Å². The van der Waals surface area contributed by atoms with E-state index in [9.17, 15) is 4.79 Å². The molecule has 4 rings (SSSR count). The van der Waals surface area contributed by atoms with Crippen LogP contribution in [0, 0.1) is 0 Å². The molecule has 1 aromatic carbocycles. The van der Waals surface area contributed by atoms with Gasteiger partial charge in [0.25, 0.3) is 5.91 Å². The molecule has 0 spiro atoms. The summed E-state index contributed by atoms with van der Waals surface area (Å²) >= 11 is 1.44. The molecule has 2 aromatic heterocycles. The Morgan fingerprint density at radius 3 is 2.77 bits per heavy atom. The molecular weight excluding hydrogens is 352 g/mol. The molecule has 1 saturated heterocycles. The third-order valence-corrected chi connectivity index (χ3v) is 4.88. The van der Waals surface area contributed by atoms with E-state index in [1.54, 1.807) is 23.1 Å². The molecule has 0 bridgehead atoms. The molecule has 8 nitrogen and oxygen atoms in total. The first-order chi connectivity index (χ1) is 12.8. The highest BCUT2D eigenvalue weighted by Crippen LogP contribution is 2.18. The normalized spacial score (nSPS) is 15.1. The number of nitrogens with one attached hydrogen (secondary N) is 1. The molecule has 1 aliphatic heterocycles. The van der Waals surface area contributed by atoms with Crippen LogP contribution in [0.5, 0.6) is 0 Å². The Labute approximate surface area is 154 Å². The Morgan fingerprint density at radius 2 is 2.04 bits per heavy atom. The van der Waals surface area contributed by atoms with Gasteiger partial charge in [0, 0.05) is 30.6 Å². The van der Waals surface area contributed by atoms with Crippen LogP contribution in [0.3, 0.4) is 0 Å². The van der Waals surface area contributed by atoms with Crippen LogP contribution in [0.15, 0.2) is 42.3 Å². The molecule has 1 amide bonds. The molecule has 0 atom stereocenters. The second-order valence-electron chi connectivity index (χ2n) is 5.87. The van der Waals surface area contributed by atoms with Crippen LogP contribution in [-0.2, 0) is 11.3 Å². The van der Waals surface area contributed by atoms with Crippen LogP contribution < -0.4 is 5.32 Å². The number of amides is 1. The van der Waals surface area contributed by atoms with E-state index in [0.29, 0.717) is 10.7 Å². The fourth-order valence-electron chi connectivity index (χ4n) is 2.70. The molecule has 1 aliphatic rings. The lowest BCUT2D eigenvalue weighted by Crippen LogP contribution is -2.35. The highest BCUT2D eigenvalue weighted by atomic mass is 32.1. The SMILES string of the molecule is O=C(Nc1nc(CN2CCOCC2)cs1)c1ccc(-n2cncn2)cc1. The number of aromatic nitrogens is 4. The van der Waals surface area contributed by atoms with E-state index < -0.39 is 0 Å². The van der Waals surface area contributed by atoms with Crippen LogP contribution in [0.25, 0.3) is 5.69 Å². The lowest BCUT2D eigenvalue weighted by molar-refractivity contribution is 0.0337. The molecule has 3 heterocycles. The van der Waals surface area contributed by atoms with Crippen LogP contribution >= 0.6 is 11.3 Å². The fraction of sp³-hybridized carbons (Fsp3) is 0.294. The average molecular weight is 370 g/mol. The number of nitrogens with zero attached hydrogens (tertiary/aromatic N) is 5. The summed E-state index contributed by atoms with van der Waals surface area (Å²) in [7, 11) is 0. The van der Waals surface area contributed by atoms with Gasteiger partial charge in [-0.1, -0.05) is 0 Å². The smallest absolute Gasteiger partial charge is 0.257 e. The van der Waals surface area contributed by atoms with Gasteiger partial charge in [-0.2, -0.15) is 5.10 Å². The zero-order valence-corrected chi connectivity index (χ0v) is 14.9. The first-order valence-electron chi connectivity index (χ1n) is 8.29. The molecule has 0 unspecified atom stereocenters. The number of rotatable bonds is 5. The zero-order valence-electron chi connectivity index (χ0n) is 14.0. The summed E-state index contributed by atoms with van der Waals surface area (Å²) in [5.74, 6) is -0.178. The first-order valence-corrected chi connectivity index (χ1v) is 9.17. The van der Waals surface area contributed by atoms with E-state index in [-0.39, 0.29) is 5.91 Å². The molecule has 1 N–H and O–H groups in total. The standard InChI is InChI=1S/C17H18N6O2S/c24-16(13-1-3-15(4-2-13)23-12-18-11-19-23)21-17-20-14(10-26-17)9-22-5-7-25-8-6-22/h1-4,10-12H,5-9H2,(H,20,21,24). The van der Waals surface area contributed by atoms with Gasteiger partial charge in [-0.3, -0.25) is 15.0 Å². The van der Waals surface area contributed by atoms with Crippen molar-refractivity contribution < 1.29 is 9.53 Å². The summed E-state index contributed by atoms with van der Waals surface area (Å²) in [6, 6.07) is 7.17. The molecule has 0 radical (unpaired) electrons. The van der Waals surface area contributed by atoms with Gasteiger partial charge in [0.2, 0.25) is 0 Å². The number of ether oxygens (including phenoxy) is 1. The van der Waals surface area contributed by atoms with Crippen molar-refractivity contribution >= 4 is 22.4 Å². The lowest BCUT2D eigenvalue weighted by atomic mass is 10.2. The Kier molecular flexibility index (Phi) is 5.00. The number of benzene rings is 1. The number of hydrogen-bond donors (Lipinski definition) is 1. The Bertz CT molecular complexity index is 856. The number of carbonyl (C=O) groups is 1. The topological polar surface area (TPSA) is 85.2 Å². The minimum Gasteiger partial charge on any atom is -0.379 e. The second kappa shape index (κ2) is 7.73. The van der Waals surface area contributed by atoms with E-state index in [2.05, 4.69) is 25.3 Å². The molecule has 0 saturated carbocycles. The van der Waals surface area contributed by atoms with Crippen molar-refractivity contribution in [2.75, 3.05) is 31.6 Å². The van der Waals surface area contributed by atoms with Gasteiger partial charge in [0.05, 0.1) is 24.6 Å². The molecule has 9 heteroatoms. The quantitative estimate of drug-likeness (QED) is 0.737. The molecule has 1 fully saturated rings. The van der Waals surface area contributed by atoms with Gasteiger partial charge >= 0.3 is 0 Å². The Balaban J connectivity index is 1.37. The molecule has 3 aromatic rings. The predicted octanol–water partition coefficient (Wildman–Crippen LogP) is 1.81. The van der Waals surface area contributed by atoms with E-state index >= 15 is 0 Å². The number of morpholine rings is 1. The third kappa shape index (κ3) is 3.96. The van der Waals surface area contributed by atoms with Crippen molar-refractivity contribution in [3.8, 4) is 5.69 Å². The number of hydrogen-bond acceptors (Lipinski definition) is 7. The summed E-state index contributed by atoms with van der Waals surface area (Å²) in [5, 5.41) is 9.52. The summed E-state index contributed by atoms with van der Waals surface area (Å²) in [6.45, 7) is 4.13. The van der Waals surface area contributed by atoms with Crippen LogP contribution in [-0.4, -0.2) is 56.9 Å². The van der Waals surface area contributed by atoms with Gasteiger partial charge in [-0.25, -0.2) is 14.6 Å². The van der Waals surface area contributed by atoms with Gasteiger partial charge in [0.1, 0.15) is 12.7 Å². The van der Waals surface area contributed by atoms with E-state index in [1.807, 2.05) is 17.5 Å². The van der Waals surface area contributed by atoms with Crippen molar-refractivity contribution in [1.82, 2.24) is 24.6 Å². The van der Waals surface area contributed by atoms with Gasteiger partial charge in [-0.05, 0) is 24.3 Å². The van der Waals surface area contributed by atoms with Gasteiger partial charge < -0.3 is 4.74 Å². The zero-order chi connectivity index (χ0) is 17.8. The maximum Gasteiger partial charge on any atom is 0.257 e. The molecular formula is C17H18N6O2S.